The van der Waals surface area contributed by atoms with Crippen LogP contribution in [0.4, 0.5) is 5.69 Å². The molecular formula is C18H21Cl2N2O2+. The van der Waals surface area contributed by atoms with Gasteiger partial charge in [0.2, 0.25) is 0 Å². The number of ether oxygens (including phenoxy) is 1. The van der Waals surface area contributed by atoms with E-state index in [9.17, 15) is 4.79 Å². The third-order valence-electron chi connectivity index (χ3n) is 3.43. The molecule has 1 atom stereocenters. The van der Waals surface area contributed by atoms with Gasteiger partial charge in [0.05, 0.1) is 29.4 Å². The van der Waals surface area contributed by atoms with Gasteiger partial charge in [0.15, 0.2) is 6.54 Å². The molecule has 0 saturated heterocycles. The highest BCUT2D eigenvalue weighted by atomic mass is 35.5. The van der Waals surface area contributed by atoms with Gasteiger partial charge in [-0.25, -0.2) is 0 Å². The van der Waals surface area contributed by atoms with Crippen LogP contribution >= 0.6 is 23.2 Å². The van der Waals surface area contributed by atoms with Crippen LogP contribution in [0.15, 0.2) is 42.5 Å². The lowest BCUT2D eigenvalue weighted by Gasteiger charge is -2.15. The molecule has 1 amide bonds. The quantitative estimate of drug-likeness (QED) is 0.789. The van der Waals surface area contributed by atoms with Gasteiger partial charge in [0, 0.05) is 5.56 Å². The lowest BCUT2D eigenvalue weighted by Crippen LogP contribution is -3.08. The molecule has 4 nitrogen and oxygen atoms in total. The number of quaternary nitrogens is 1. The number of carbonyl (C=O) groups excluding carboxylic acids is 1. The Morgan fingerprint density at radius 2 is 1.88 bits per heavy atom. The van der Waals surface area contributed by atoms with Crippen molar-refractivity contribution in [2.24, 2.45) is 0 Å². The Kier molecular flexibility index (Phi) is 6.91. The smallest absolute Gasteiger partial charge is 0.279 e. The SMILES string of the molecule is CCOc1ccc(C[NH+](C)CC(=O)Nc2cccc(Cl)c2Cl)cc1. The third-order valence-corrected chi connectivity index (χ3v) is 4.25. The molecule has 0 radical (unpaired) electrons. The molecule has 2 aromatic carbocycles. The van der Waals surface area contributed by atoms with E-state index in [4.69, 9.17) is 27.9 Å². The fourth-order valence-electron chi connectivity index (χ4n) is 2.35. The van der Waals surface area contributed by atoms with Crippen molar-refractivity contribution < 1.29 is 14.4 Å². The monoisotopic (exact) mass is 367 g/mol. The molecule has 128 valence electrons. The number of hydrogen-bond donors (Lipinski definition) is 2. The molecule has 1 unspecified atom stereocenters. The normalized spacial score (nSPS) is 11.8. The van der Waals surface area contributed by atoms with Gasteiger partial charge in [0.1, 0.15) is 12.3 Å². The molecule has 2 rings (SSSR count). The number of benzene rings is 2. The number of halogens is 2. The van der Waals surface area contributed by atoms with Crippen molar-refractivity contribution >= 4 is 34.8 Å². The minimum Gasteiger partial charge on any atom is -0.494 e. The Labute approximate surface area is 152 Å². The molecule has 0 aliphatic heterocycles. The number of carbonyl (C=O) groups is 1. The predicted octanol–water partition coefficient (Wildman–Crippen LogP) is 3.05. The summed E-state index contributed by atoms with van der Waals surface area (Å²) in [5.74, 6) is 0.745. The Bertz CT molecular complexity index is 690. The maximum atomic E-state index is 12.2. The second-order valence-electron chi connectivity index (χ2n) is 5.54. The predicted molar refractivity (Wildman–Crippen MR) is 98.2 cm³/mol. The summed E-state index contributed by atoms with van der Waals surface area (Å²) in [5.41, 5.74) is 1.67. The largest absolute Gasteiger partial charge is 0.494 e. The zero-order valence-electron chi connectivity index (χ0n) is 13.7. The topological polar surface area (TPSA) is 42.8 Å². The summed E-state index contributed by atoms with van der Waals surface area (Å²) >= 11 is 12.0. The highest BCUT2D eigenvalue weighted by molar-refractivity contribution is 6.43. The summed E-state index contributed by atoms with van der Waals surface area (Å²) in [7, 11) is 1.97. The highest BCUT2D eigenvalue weighted by Gasteiger charge is 2.13. The minimum absolute atomic E-state index is 0.109. The number of nitrogens with one attached hydrogen (secondary N) is 2. The Morgan fingerprint density at radius 3 is 2.54 bits per heavy atom. The van der Waals surface area contributed by atoms with E-state index < -0.39 is 0 Å². The summed E-state index contributed by atoms with van der Waals surface area (Å²) < 4.78 is 5.42. The Hall–Kier alpha value is -1.75. The lowest BCUT2D eigenvalue weighted by atomic mass is 10.2. The van der Waals surface area contributed by atoms with Gasteiger partial charge in [-0.15, -0.1) is 0 Å². The fraction of sp³-hybridized carbons (Fsp3) is 0.278. The van der Waals surface area contributed by atoms with Crippen LogP contribution in [0.1, 0.15) is 12.5 Å². The van der Waals surface area contributed by atoms with Gasteiger partial charge in [-0.05, 0) is 43.3 Å². The average molecular weight is 368 g/mol. The molecule has 0 spiro atoms. The number of likely N-dealkylation sites (N-methyl/N-ethyl adjacent to an activating group) is 1. The van der Waals surface area contributed by atoms with E-state index in [1.54, 1.807) is 18.2 Å². The first-order chi connectivity index (χ1) is 11.5. The maximum absolute atomic E-state index is 12.2. The molecule has 2 aromatic rings. The number of anilines is 1. The van der Waals surface area contributed by atoms with Crippen LogP contribution in [0.25, 0.3) is 0 Å². The zero-order chi connectivity index (χ0) is 17.5. The third kappa shape index (κ3) is 5.41. The Balaban J connectivity index is 1.88. The molecule has 0 bridgehead atoms. The van der Waals surface area contributed by atoms with Crippen molar-refractivity contribution in [3.8, 4) is 5.75 Å². The van der Waals surface area contributed by atoms with Crippen molar-refractivity contribution in [3.05, 3.63) is 58.1 Å². The van der Waals surface area contributed by atoms with Gasteiger partial charge in [0.25, 0.3) is 5.91 Å². The molecule has 0 aliphatic carbocycles. The Morgan fingerprint density at radius 1 is 1.17 bits per heavy atom. The van der Waals surface area contributed by atoms with Gasteiger partial charge < -0.3 is 15.0 Å². The van der Waals surface area contributed by atoms with Crippen LogP contribution in [-0.4, -0.2) is 26.1 Å². The van der Waals surface area contributed by atoms with Crippen molar-refractivity contribution in [3.63, 3.8) is 0 Å². The van der Waals surface area contributed by atoms with Crippen molar-refractivity contribution in [1.29, 1.82) is 0 Å². The van der Waals surface area contributed by atoms with Crippen molar-refractivity contribution in [2.75, 3.05) is 25.5 Å². The molecule has 0 saturated carbocycles. The molecule has 0 aliphatic rings. The molecule has 0 fully saturated rings. The number of hydrogen-bond acceptors (Lipinski definition) is 2. The number of amides is 1. The van der Waals surface area contributed by atoms with E-state index in [0.29, 0.717) is 28.9 Å². The molecule has 0 heterocycles. The second-order valence-corrected chi connectivity index (χ2v) is 6.32. The van der Waals surface area contributed by atoms with Gasteiger partial charge in [-0.3, -0.25) is 4.79 Å². The van der Waals surface area contributed by atoms with Crippen molar-refractivity contribution in [1.82, 2.24) is 0 Å². The standard InChI is InChI=1S/C18H20Cl2N2O2/c1-3-24-14-9-7-13(8-10-14)11-22(2)12-17(23)21-16-6-4-5-15(19)18(16)20/h4-10H,3,11-12H2,1-2H3,(H,21,23)/p+1. The van der Waals surface area contributed by atoms with Gasteiger partial charge in [-0.1, -0.05) is 29.3 Å². The molecular weight excluding hydrogens is 347 g/mol. The van der Waals surface area contributed by atoms with Gasteiger partial charge >= 0.3 is 0 Å². The van der Waals surface area contributed by atoms with E-state index in [0.717, 1.165) is 22.8 Å². The molecule has 6 heteroatoms. The lowest BCUT2D eigenvalue weighted by molar-refractivity contribution is -0.885. The van der Waals surface area contributed by atoms with E-state index in [1.807, 2.05) is 38.2 Å². The van der Waals surface area contributed by atoms with Crippen LogP contribution in [0.5, 0.6) is 5.75 Å². The highest BCUT2D eigenvalue weighted by Crippen LogP contribution is 2.29. The summed E-state index contributed by atoms with van der Waals surface area (Å²) in [6, 6.07) is 13.1. The first kappa shape index (κ1) is 18.6. The molecule has 2 N–H and O–H groups in total. The van der Waals surface area contributed by atoms with E-state index in [1.165, 1.54) is 0 Å². The molecule has 0 aromatic heterocycles. The average Bonchev–Trinajstić information content (AvgIpc) is 2.54. The van der Waals surface area contributed by atoms with Gasteiger partial charge in [-0.2, -0.15) is 0 Å². The van der Waals surface area contributed by atoms with E-state index in [2.05, 4.69) is 5.32 Å². The van der Waals surface area contributed by atoms with Crippen LogP contribution in [0.3, 0.4) is 0 Å². The van der Waals surface area contributed by atoms with E-state index in [-0.39, 0.29) is 5.91 Å². The van der Waals surface area contributed by atoms with Crippen LogP contribution in [0.2, 0.25) is 10.0 Å². The van der Waals surface area contributed by atoms with Crippen LogP contribution < -0.4 is 15.0 Å². The first-order valence-corrected chi connectivity index (χ1v) is 8.52. The second kappa shape index (κ2) is 8.92. The van der Waals surface area contributed by atoms with Crippen LogP contribution in [-0.2, 0) is 11.3 Å². The fourth-order valence-corrected chi connectivity index (χ4v) is 2.70. The maximum Gasteiger partial charge on any atom is 0.279 e. The van der Waals surface area contributed by atoms with E-state index >= 15 is 0 Å². The van der Waals surface area contributed by atoms with Crippen LogP contribution in [0, 0.1) is 0 Å². The summed E-state index contributed by atoms with van der Waals surface area (Å²) in [5, 5.41) is 3.58. The molecule has 24 heavy (non-hydrogen) atoms. The summed E-state index contributed by atoms with van der Waals surface area (Å²) in [6.45, 7) is 3.67. The van der Waals surface area contributed by atoms with Crippen molar-refractivity contribution in [2.45, 2.75) is 13.5 Å². The summed E-state index contributed by atoms with van der Waals surface area (Å²) in [4.78, 5) is 13.2. The number of rotatable bonds is 7. The minimum atomic E-state index is -0.109. The zero-order valence-corrected chi connectivity index (χ0v) is 15.2. The summed E-state index contributed by atoms with van der Waals surface area (Å²) in [6.07, 6.45) is 0. The first-order valence-electron chi connectivity index (χ1n) is 7.76.